The van der Waals surface area contributed by atoms with Crippen molar-refractivity contribution in [3.8, 4) is 0 Å². The minimum absolute atomic E-state index is 0.201. The summed E-state index contributed by atoms with van der Waals surface area (Å²) in [4.78, 5) is 15.6. The van der Waals surface area contributed by atoms with Crippen LogP contribution in [0.5, 0.6) is 0 Å². The topological polar surface area (TPSA) is 42.0 Å². The molecule has 15 heavy (non-hydrogen) atoms. The smallest absolute Gasteiger partial charge is 0.244 e. The number of alkyl halides is 1. The van der Waals surface area contributed by atoms with Crippen LogP contribution in [0, 0.1) is 0 Å². The molecular weight excluding hydrogens is 279 g/mol. The molecule has 0 fully saturated rings. The molecule has 5 heteroatoms. The van der Waals surface area contributed by atoms with E-state index >= 15 is 0 Å². The highest BCUT2D eigenvalue weighted by atomic mass is 79.9. The molecule has 0 saturated heterocycles. The molecule has 0 aliphatic heterocycles. The van der Waals surface area contributed by atoms with Gasteiger partial charge in [0.25, 0.3) is 0 Å². The molecule has 0 spiro atoms. The van der Waals surface area contributed by atoms with Gasteiger partial charge in [0, 0.05) is 17.2 Å². The van der Waals surface area contributed by atoms with Gasteiger partial charge >= 0.3 is 0 Å². The fourth-order valence-corrected chi connectivity index (χ4v) is 1.45. The number of rotatable bonds is 4. The quantitative estimate of drug-likeness (QED) is 0.867. The van der Waals surface area contributed by atoms with E-state index in [1.165, 1.54) is 0 Å². The summed E-state index contributed by atoms with van der Waals surface area (Å²) in [6.45, 7) is 2.62. The zero-order chi connectivity index (χ0) is 11.3. The Bertz CT molecular complexity index is 329. The predicted molar refractivity (Wildman–Crippen MR) is 63.8 cm³/mol. The maximum atomic E-state index is 11.5. The van der Waals surface area contributed by atoms with Crippen molar-refractivity contribution in [3.63, 3.8) is 0 Å². The maximum absolute atomic E-state index is 11.5. The molecule has 0 bridgehead atoms. The van der Waals surface area contributed by atoms with Crippen LogP contribution in [-0.4, -0.2) is 17.4 Å². The van der Waals surface area contributed by atoms with E-state index in [-0.39, 0.29) is 5.91 Å². The van der Waals surface area contributed by atoms with Gasteiger partial charge in [0.15, 0.2) is 5.38 Å². The number of aromatic nitrogens is 1. The Morgan fingerprint density at radius 3 is 2.93 bits per heavy atom. The van der Waals surface area contributed by atoms with Crippen LogP contribution < -0.4 is 5.32 Å². The van der Waals surface area contributed by atoms with E-state index in [1.54, 1.807) is 12.3 Å². The second-order valence-electron chi connectivity index (χ2n) is 3.05. The number of pyridine rings is 1. The van der Waals surface area contributed by atoms with Crippen LogP contribution in [0.4, 0.5) is 0 Å². The number of carbonyl (C=O) groups is 1. The first-order chi connectivity index (χ1) is 7.15. The van der Waals surface area contributed by atoms with E-state index in [2.05, 4.69) is 26.2 Å². The highest BCUT2D eigenvalue weighted by Gasteiger charge is 2.17. The van der Waals surface area contributed by atoms with Crippen LogP contribution >= 0.6 is 27.5 Å². The standard InChI is InChI=1S/C10H12BrClN2O/c1-2-5-13-10(15)9(12)8-4-3-7(11)6-14-8/h3-4,6,9H,2,5H2,1H3,(H,13,15). The maximum Gasteiger partial charge on any atom is 0.244 e. The molecule has 3 nitrogen and oxygen atoms in total. The lowest BCUT2D eigenvalue weighted by Crippen LogP contribution is -2.27. The zero-order valence-corrected chi connectivity index (χ0v) is 10.7. The van der Waals surface area contributed by atoms with Gasteiger partial charge in [-0.05, 0) is 34.5 Å². The average Bonchev–Trinajstić information content (AvgIpc) is 2.26. The molecule has 1 heterocycles. The number of halogens is 2. The number of hydrogen-bond acceptors (Lipinski definition) is 2. The Hall–Kier alpha value is -0.610. The monoisotopic (exact) mass is 290 g/mol. The van der Waals surface area contributed by atoms with Crippen molar-refractivity contribution in [1.29, 1.82) is 0 Å². The third kappa shape index (κ3) is 3.80. The van der Waals surface area contributed by atoms with Crippen LogP contribution in [0.2, 0.25) is 0 Å². The normalized spacial score (nSPS) is 12.2. The van der Waals surface area contributed by atoms with Crippen LogP contribution in [0.1, 0.15) is 24.4 Å². The largest absolute Gasteiger partial charge is 0.354 e. The summed E-state index contributed by atoms with van der Waals surface area (Å²) >= 11 is 9.22. The van der Waals surface area contributed by atoms with Crippen molar-refractivity contribution in [2.45, 2.75) is 18.7 Å². The second-order valence-corrected chi connectivity index (χ2v) is 4.41. The highest BCUT2D eigenvalue weighted by Crippen LogP contribution is 2.19. The second kappa shape index (κ2) is 6.08. The molecule has 1 aromatic rings. The number of nitrogens with one attached hydrogen (secondary N) is 1. The molecule has 1 aromatic heterocycles. The minimum Gasteiger partial charge on any atom is -0.354 e. The third-order valence-corrected chi connectivity index (χ3v) is 2.68. The molecule has 1 unspecified atom stereocenters. The van der Waals surface area contributed by atoms with Gasteiger partial charge < -0.3 is 5.32 Å². The van der Waals surface area contributed by atoms with Crippen LogP contribution in [0.15, 0.2) is 22.8 Å². The summed E-state index contributed by atoms with van der Waals surface area (Å²) in [6, 6.07) is 3.54. The van der Waals surface area contributed by atoms with Gasteiger partial charge in [0.2, 0.25) is 5.91 Å². The van der Waals surface area contributed by atoms with Gasteiger partial charge in [-0.1, -0.05) is 6.92 Å². The molecule has 1 rings (SSSR count). The van der Waals surface area contributed by atoms with Crippen molar-refractivity contribution in [2.75, 3.05) is 6.54 Å². The number of nitrogens with zero attached hydrogens (tertiary/aromatic N) is 1. The Kier molecular flexibility index (Phi) is 5.05. The molecule has 0 aromatic carbocycles. The number of carbonyl (C=O) groups excluding carboxylic acids is 1. The Balaban J connectivity index is 2.63. The lowest BCUT2D eigenvalue weighted by atomic mass is 10.2. The first-order valence-corrected chi connectivity index (χ1v) is 5.91. The van der Waals surface area contributed by atoms with E-state index in [0.717, 1.165) is 10.9 Å². The third-order valence-electron chi connectivity index (χ3n) is 1.79. The van der Waals surface area contributed by atoms with E-state index in [9.17, 15) is 4.79 Å². The fourth-order valence-electron chi connectivity index (χ4n) is 1.01. The minimum atomic E-state index is -0.718. The molecule has 0 aliphatic rings. The first-order valence-electron chi connectivity index (χ1n) is 4.68. The van der Waals surface area contributed by atoms with Crippen molar-refractivity contribution in [1.82, 2.24) is 10.3 Å². The molecule has 0 aliphatic carbocycles. The lowest BCUT2D eigenvalue weighted by Gasteiger charge is -2.09. The Morgan fingerprint density at radius 1 is 1.67 bits per heavy atom. The van der Waals surface area contributed by atoms with E-state index in [4.69, 9.17) is 11.6 Å². The van der Waals surface area contributed by atoms with E-state index in [0.29, 0.717) is 12.2 Å². The highest BCUT2D eigenvalue weighted by molar-refractivity contribution is 9.10. The molecule has 82 valence electrons. The molecular formula is C10H12BrClN2O. The molecule has 1 amide bonds. The molecule has 1 N–H and O–H groups in total. The number of hydrogen-bond donors (Lipinski definition) is 1. The van der Waals surface area contributed by atoms with E-state index < -0.39 is 5.38 Å². The van der Waals surface area contributed by atoms with Gasteiger partial charge in [-0.25, -0.2) is 0 Å². The molecule has 0 saturated carbocycles. The van der Waals surface area contributed by atoms with Crippen LogP contribution in [-0.2, 0) is 4.79 Å². The Morgan fingerprint density at radius 2 is 2.40 bits per heavy atom. The van der Waals surface area contributed by atoms with Gasteiger partial charge in [-0.15, -0.1) is 11.6 Å². The number of amides is 1. The zero-order valence-electron chi connectivity index (χ0n) is 8.34. The lowest BCUT2D eigenvalue weighted by molar-refractivity contribution is -0.120. The van der Waals surface area contributed by atoms with E-state index in [1.807, 2.05) is 13.0 Å². The summed E-state index contributed by atoms with van der Waals surface area (Å²) in [7, 11) is 0. The summed E-state index contributed by atoms with van der Waals surface area (Å²) in [5, 5.41) is 2.00. The van der Waals surface area contributed by atoms with Gasteiger partial charge in [0.05, 0.1) is 5.69 Å². The first kappa shape index (κ1) is 12.5. The SMILES string of the molecule is CCCNC(=O)C(Cl)c1ccc(Br)cn1. The van der Waals surface area contributed by atoms with Gasteiger partial charge in [0.1, 0.15) is 0 Å². The summed E-state index contributed by atoms with van der Waals surface area (Å²) in [5.41, 5.74) is 0.563. The Labute approximate surface area is 102 Å². The van der Waals surface area contributed by atoms with Crippen LogP contribution in [0.3, 0.4) is 0 Å². The average molecular weight is 292 g/mol. The van der Waals surface area contributed by atoms with Crippen molar-refractivity contribution in [3.05, 3.63) is 28.5 Å². The molecule has 0 radical (unpaired) electrons. The summed E-state index contributed by atoms with van der Waals surface area (Å²) in [5.74, 6) is -0.201. The van der Waals surface area contributed by atoms with Gasteiger partial charge in [-0.3, -0.25) is 9.78 Å². The van der Waals surface area contributed by atoms with Crippen molar-refractivity contribution in [2.24, 2.45) is 0 Å². The van der Waals surface area contributed by atoms with Crippen LogP contribution in [0.25, 0.3) is 0 Å². The summed E-state index contributed by atoms with van der Waals surface area (Å²) in [6.07, 6.45) is 2.51. The summed E-state index contributed by atoms with van der Waals surface area (Å²) < 4.78 is 0.865. The van der Waals surface area contributed by atoms with Gasteiger partial charge in [-0.2, -0.15) is 0 Å². The molecule has 1 atom stereocenters. The fraction of sp³-hybridized carbons (Fsp3) is 0.400. The van der Waals surface area contributed by atoms with Crippen molar-refractivity contribution >= 4 is 33.4 Å². The van der Waals surface area contributed by atoms with Crippen molar-refractivity contribution < 1.29 is 4.79 Å². The predicted octanol–water partition coefficient (Wildman–Crippen LogP) is 2.65.